The van der Waals surface area contributed by atoms with Crippen molar-refractivity contribution >= 4 is 11.0 Å². The minimum Gasteiger partial charge on any atom is -0.493 e. The number of halogens is 4. The smallest absolute Gasteiger partial charge is 0.419 e. The van der Waals surface area contributed by atoms with E-state index in [4.69, 9.17) is 4.74 Å². The Kier molecular flexibility index (Phi) is 7.03. The molecule has 1 aliphatic heterocycles. The van der Waals surface area contributed by atoms with Crippen LogP contribution in [0.4, 0.5) is 17.6 Å². The van der Waals surface area contributed by atoms with E-state index in [1.54, 1.807) is 17.7 Å². The molecular weight excluding hydrogens is 450 g/mol. The molecule has 0 atom stereocenters. The van der Waals surface area contributed by atoms with Crippen LogP contribution in [0.5, 0.6) is 5.75 Å². The van der Waals surface area contributed by atoms with Crippen LogP contribution in [0.2, 0.25) is 0 Å². The summed E-state index contributed by atoms with van der Waals surface area (Å²) >= 11 is 0. The molecule has 3 heterocycles. The Bertz CT molecular complexity index is 1190. The summed E-state index contributed by atoms with van der Waals surface area (Å²) in [6.07, 6.45) is -0.667. The summed E-state index contributed by atoms with van der Waals surface area (Å²) in [6, 6.07) is 7.42. The number of hydrogen-bond donors (Lipinski definition) is 0. The quantitative estimate of drug-likeness (QED) is 0.451. The lowest BCUT2D eigenvalue weighted by atomic mass is 9.94. The summed E-state index contributed by atoms with van der Waals surface area (Å²) in [7, 11) is 1.74. The number of pyridine rings is 1. The van der Waals surface area contributed by atoms with E-state index in [2.05, 4.69) is 14.9 Å². The molecule has 1 aromatic carbocycles. The molecule has 0 N–H and O–H groups in total. The van der Waals surface area contributed by atoms with Crippen LogP contribution in [0.25, 0.3) is 22.3 Å². The van der Waals surface area contributed by atoms with Crippen molar-refractivity contribution in [3.63, 3.8) is 0 Å². The first-order valence-corrected chi connectivity index (χ1v) is 11.1. The highest BCUT2D eigenvalue weighted by molar-refractivity contribution is 5.84. The molecule has 2 aromatic heterocycles. The fourth-order valence-corrected chi connectivity index (χ4v) is 4.34. The fraction of sp³-hybridized carbons (Fsp3) is 0.458. The number of nitriles is 1. The van der Waals surface area contributed by atoms with Gasteiger partial charge in [0.2, 0.25) is 0 Å². The van der Waals surface area contributed by atoms with E-state index in [0.29, 0.717) is 29.9 Å². The Balaban J connectivity index is 1.52. The molecule has 0 aliphatic carbocycles. The molecule has 0 unspecified atom stereocenters. The highest BCUT2D eigenvalue weighted by Gasteiger charge is 2.35. The van der Waals surface area contributed by atoms with Gasteiger partial charge in [-0.2, -0.15) is 18.4 Å². The minimum absolute atomic E-state index is 0.0551. The number of ether oxygens (including phenoxy) is 1. The van der Waals surface area contributed by atoms with Crippen molar-refractivity contribution < 1.29 is 22.3 Å². The number of aromatic nitrogens is 3. The average molecular weight is 475 g/mol. The lowest BCUT2D eigenvalue weighted by Crippen LogP contribution is -2.35. The van der Waals surface area contributed by atoms with Gasteiger partial charge in [-0.25, -0.2) is 14.4 Å². The van der Waals surface area contributed by atoms with Gasteiger partial charge < -0.3 is 14.2 Å². The molecule has 6 nitrogen and oxygen atoms in total. The number of aryl methyl sites for hydroxylation is 1. The van der Waals surface area contributed by atoms with Crippen LogP contribution in [0.1, 0.15) is 30.5 Å². The highest BCUT2D eigenvalue weighted by Crippen LogP contribution is 2.39. The standard InChI is InChI=1S/C24H25F4N5O/c1-32-15-30-23-20(14-29)31-19(13-21(23)32)17-2-3-22(18(12-17)24(26,27)28)34-11-6-16-4-8-33(9-5-16)10-7-25/h2-3,12-13,15-16H,4-11H2,1H3. The Morgan fingerprint density at radius 3 is 2.65 bits per heavy atom. The Labute approximate surface area is 194 Å². The predicted octanol–water partition coefficient (Wildman–Crippen LogP) is 4.98. The van der Waals surface area contributed by atoms with Crippen molar-refractivity contribution in [2.24, 2.45) is 13.0 Å². The molecule has 0 bridgehead atoms. The summed E-state index contributed by atoms with van der Waals surface area (Å²) in [4.78, 5) is 10.4. The number of alkyl halides is 4. The number of nitrogens with zero attached hydrogens (tertiary/aromatic N) is 5. The van der Waals surface area contributed by atoms with Gasteiger partial charge in [0.1, 0.15) is 24.0 Å². The maximum absolute atomic E-state index is 13.9. The largest absolute Gasteiger partial charge is 0.493 e. The van der Waals surface area contributed by atoms with Gasteiger partial charge in [-0.3, -0.25) is 0 Å². The van der Waals surface area contributed by atoms with E-state index >= 15 is 0 Å². The Morgan fingerprint density at radius 2 is 1.97 bits per heavy atom. The molecule has 34 heavy (non-hydrogen) atoms. The maximum Gasteiger partial charge on any atom is 0.419 e. The minimum atomic E-state index is -4.61. The lowest BCUT2D eigenvalue weighted by Gasteiger charge is -2.31. The normalized spacial score (nSPS) is 15.5. The number of likely N-dealkylation sites (tertiary alicyclic amines) is 1. The van der Waals surface area contributed by atoms with Crippen LogP contribution in [0, 0.1) is 17.2 Å². The third-order valence-electron chi connectivity index (χ3n) is 6.29. The zero-order chi connectivity index (χ0) is 24.3. The molecular formula is C24H25F4N5O. The van der Waals surface area contributed by atoms with Crippen LogP contribution < -0.4 is 4.74 Å². The maximum atomic E-state index is 13.9. The SMILES string of the molecule is Cn1cnc2c(C#N)nc(-c3ccc(OCCC4CCN(CCF)CC4)c(C(F)(F)F)c3)cc21. The predicted molar refractivity (Wildman–Crippen MR) is 119 cm³/mol. The first-order chi connectivity index (χ1) is 16.3. The summed E-state index contributed by atoms with van der Waals surface area (Å²) in [5.41, 5.74) is 0.672. The number of hydrogen-bond acceptors (Lipinski definition) is 5. The van der Waals surface area contributed by atoms with Crippen LogP contribution >= 0.6 is 0 Å². The second kappa shape index (κ2) is 9.97. The van der Waals surface area contributed by atoms with Gasteiger partial charge in [-0.15, -0.1) is 0 Å². The van der Waals surface area contributed by atoms with Crippen molar-refractivity contribution in [1.82, 2.24) is 19.4 Å². The summed E-state index contributed by atoms with van der Waals surface area (Å²) < 4.78 is 61.3. The zero-order valence-electron chi connectivity index (χ0n) is 18.8. The van der Waals surface area contributed by atoms with Gasteiger partial charge in [0, 0.05) is 19.2 Å². The van der Waals surface area contributed by atoms with Crippen LogP contribution in [0.3, 0.4) is 0 Å². The molecule has 1 aliphatic rings. The molecule has 0 spiro atoms. The Morgan fingerprint density at radius 1 is 1.21 bits per heavy atom. The van der Waals surface area contributed by atoms with E-state index < -0.39 is 11.7 Å². The monoisotopic (exact) mass is 475 g/mol. The Hall–Kier alpha value is -3.19. The van der Waals surface area contributed by atoms with Gasteiger partial charge in [-0.1, -0.05) is 0 Å². The fourth-order valence-electron chi connectivity index (χ4n) is 4.34. The van der Waals surface area contributed by atoms with Crippen LogP contribution in [-0.2, 0) is 13.2 Å². The molecule has 180 valence electrons. The molecule has 4 rings (SSSR count). The topological polar surface area (TPSA) is 67.0 Å². The molecule has 1 saturated heterocycles. The first kappa shape index (κ1) is 24.0. The van der Waals surface area contributed by atoms with Gasteiger partial charge >= 0.3 is 6.18 Å². The number of benzene rings is 1. The number of piperidine rings is 1. The van der Waals surface area contributed by atoms with E-state index in [1.165, 1.54) is 18.5 Å². The third-order valence-corrected chi connectivity index (χ3v) is 6.29. The summed E-state index contributed by atoms with van der Waals surface area (Å²) in [5, 5.41) is 9.41. The van der Waals surface area contributed by atoms with E-state index in [1.807, 2.05) is 6.07 Å². The molecule has 0 radical (unpaired) electrons. The molecule has 3 aromatic rings. The van der Waals surface area contributed by atoms with E-state index in [0.717, 1.165) is 32.0 Å². The second-order valence-corrected chi connectivity index (χ2v) is 8.51. The van der Waals surface area contributed by atoms with Gasteiger partial charge in [0.05, 0.1) is 29.7 Å². The van der Waals surface area contributed by atoms with E-state index in [-0.39, 0.29) is 36.0 Å². The summed E-state index contributed by atoms with van der Waals surface area (Å²) in [5.74, 6) is 0.122. The molecule has 0 amide bonds. The van der Waals surface area contributed by atoms with Crippen molar-refractivity contribution in [3.05, 3.63) is 41.9 Å². The van der Waals surface area contributed by atoms with Crippen molar-refractivity contribution in [2.75, 3.05) is 32.9 Å². The first-order valence-electron chi connectivity index (χ1n) is 11.1. The molecule has 0 saturated carbocycles. The third kappa shape index (κ3) is 5.14. The van der Waals surface area contributed by atoms with Crippen molar-refractivity contribution in [2.45, 2.75) is 25.4 Å². The number of fused-ring (bicyclic) bond motifs is 1. The van der Waals surface area contributed by atoms with Gasteiger partial charge in [0.25, 0.3) is 0 Å². The highest BCUT2D eigenvalue weighted by atomic mass is 19.4. The number of rotatable bonds is 7. The van der Waals surface area contributed by atoms with Crippen LogP contribution in [0.15, 0.2) is 30.6 Å². The molecule has 1 fully saturated rings. The van der Waals surface area contributed by atoms with Gasteiger partial charge in [-0.05, 0) is 62.5 Å². The van der Waals surface area contributed by atoms with Crippen molar-refractivity contribution in [3.8, 4) is 23.1 Å². The van der Waals surface area contributed by atoms with Crippen molar-refractivity contribution in [1.29, 1.82) is 5.26 Å². The van der Waals surface area contributed by atoms with Gasteiger partial charge in [0.15, 0.2) is 5.69 Å². The zero-order valence-corrected chi connectivity index (χ0v) is 18.8. The molecule has 10 heteroatoms. The lowest BCUT2D eigenvalue weighted by molar-refractivity contribution is -0.138. The van der Waals surface area contributed by atoms with Crippen LogP contribution in [-0.4, -0.2) is 52.4 Å². The summed E-state index contributed by atoms with van der Waals surface area (Å²) in [6.45, 7) is 1.84. The van der Waals surface area contributed by atoms with E-state index in [9.17, 15) is 22.8 Å². The average Bonchev–Trinajstić information content (AvgIpc) is 3.20. The second-order valence-electron chi connectivity index (χ2n) is 8.51. The number of imidazole rings is 1.